The molecule has 0 amide bonds. The van der Waals surface area contributed by atoms with Gasteiger partial charge in [-0.2, -0.15) is 0 Å². The smallest absolute Gasteiger partial charge is 0.141 e. The first-order valence-electron chi connectivity index (χ1n) is 9.54. The van der Waals surface area contributed by atoms with Gasteiger partial charge in [-0.15, -0.1) is 22.7 Å². The van der Waals surface area contributed by atoms with Crippen molar-refractivity contribution in [3.63, 3.8) is 0 Å². The van der Waals surface area contributed by atoms with Crippen LogP contribution in [-0.4, -0.2) is 11.5 Å². The molecule has 0 bridgehead atoms. The van der Waals surface area contributed by atoms with Crippen LogP contribution in [0.15, 0.2) is 88.5 Å². The van der Waals surface area contributed by atoms with Gasteiger partial charge in [0.2, 0.25) is 0 Å². The molecule has 0 unspecified atom stereocenters. The first-order chi connectivity index (χ1) is 14.7. The number of nitrogens with zero attached hydrogens (tertiary/aromatic N) is 1. The Kier molecular flexibility index (Phi) is 6.32. The highest BCUT2D eigenvalue weighted by Gasteiger charge is 2.04. The molecule has 0 aliphatic heterocycles. The second-order valence-electron chi connectivity index (χ2n) is 6.78. The third-order valence-corrected chi connectivity index (χ3v) is 6.33. The van der Waals surface area contributed by atoms with E-state index in [1.54, 1.807) is 22.7 Å². The minimum Gasteiger partial charge on any atom is -0.383 e. The molecule has 4 rings (SSSR count). The number of nitrogens with one attached hydrogen (secondary N) is 1. The standard InChI is InChI=1S/C25H21N3S2/c26-22(23-9-3-13-29-23)17-20-7-1-5-18(15-20)11-12-19-6-2-8-21(16-19)28-25(27)24-10-4-14-30-24/h1-16,26H,17H2,(H2,27,28)/b12-11+,26-22?. The van der Waals surface area contributed by atoms with E-state index in [9.17, 15) is 0 Å². The molecular formula is C25H21N3S2. The Labute approximate surface area is 184 Å². The van der Waals surface area contributed by atoms with Crippen LogP contribution in [0.3, 0.4) is 0 Å². The lowest BCUT2D eigenvalue weighted by Crippen LogP contribution is -2.10. The molecule has 3 nitrogen and oxygen atoms in total. The predicted octanol–water partition coefficient (Wildman–Crippen LogP) is 6.63. The van der Waals surface area contributed by atoms with E-state index in [4.69, 9.17) is 11.1 Å². The van der Waals surface area contributed by atoms with Crippen LogP contribution in [0.2, 0.25) is 0 Å². The maximum absolute atomic E-state index is 8.29. The number of nitrogens with two attached hydrogens (primary N) is 1. The van der Waals surface area contributed by atoms with Gasteiger partial charge in [0.15, 0.2) is 0 Å². The predicted molar refractivity (Wildman–Crippen MR) is 131 cm³/mol. The van der Waals surface area contributed by atoms with Crippen LogP contribution < -0.4 is 5.73 Å². The van der Waals surface area contributed by atoms with Crippen molar-refractivity contribution in [3.8, 4) is 0 Å². The molecule has 0 saturated carbocycles. The van der Waals surface area contributed by atoms with E-state index >= 15 is 0 Å². The van der Waals surface area contributed by atoms with Crippen LogP contribution in [0.4, 0.5) is 5.69 Å². The van der Waals surface area contributed by atoms with E-state index in [0.717, 1.165) is 32.1 Å². The van der Waals surface area contributed by atoms with Crippen LogP contribution in [0, 0.1) is 5.41 Å². The fourth-order valence-electron chi connectivity index (χ4n) is 3.06. The quantitative estimate of drug-likeness (QED) is 0.194. The van der Waals surface area contributed by atoms with Gasteiger partial charge in [0, 0.05) is 11.3 Å². The van der Waals surface area contributed by atoms with Gasteiger partial charge in [-0.1, -0.05) is 60.7 Å². The molecule has 0 aliphatic rings. The van der Waals surface area contributed by atoms with Crippen molar-refractivity contribution >= 4 is 52.1 Å². The van der Waals surface area contributed by atoms with Crippen LogP contribution in [-0.2, 0) is 6.42 Å². The maximum Gasteiger partial charge on any atom is 0.141 e. The Morgan fingerprint density at radius 1 is 0.833 bits per heavy atom. The van der Waals surface area contributed by atoms with E-state index < -0.39 is 0 Å². The molecule has 0 atom stereocenters. The molecular weight excluding hydrogens is 406 g/mol. The van der Waals surface area contributed by atoms with Crippen LogP contribution in [0.25, 0.3) is 12.2 Å². The van der Waals surface area contributed by atoms with Crippen LogP contribution >= 0.6 is 22.7 Å². The van der Waals surface area contributed by atoms with E-state index in [1.807, 2.05) is 65.4 Å². The van der Waals surface area contributed by atoms with Gasteiger partial charge in [-0.05, 0) is 51.7 Å². The van der Waals surface area contributed by atoms with E-state index in [2.05, 4.69) is 35.3 Å². The molecule has 0 aliphatic carbocycles. The molecule has 0 fully saturated rings. The molecule has 2 aromatic heterocycles. The largest absolute Gasteiger partial charge is 0.383 e. The molecule has 5 heteroatoms. The summed E-state index contributed by atoms with van der Waals surface area (Å²) in [6.07, 6.45) is 4.79. The van der Waals surface area contributed by atoms with Gasteiger partial charge < -0.3 is 11.1 Å². The first-order valence-corrected chi connectivity index (χ1v) is 11.3. The Balaban J connectivity index is 1.47. The third kappa shape index (κ3) is 5.20. The normalized spacial score (nSPS) is 11.8. The number of hydrogen-bond acceptors (Lipinski definition) is 4. The summed E-state index contributed by atoms with van der Waals surface area (Å²) < 4.78 is 0. The highest BCUT2D eigenvalue weighted by Crippen LogP contribution is 2.19. The van der Waals surface area contributed by atoms with Gasteiger partial charge in [0.25, 0.3) is 0 Å². The average molecular weight is 428 g/mol. The van der Waals surface area contributed by atoms with Crippen LogP contribution in [0.5, 0.6) is 0 Å². The SMILES string of the molecule is N=C(Cc1cccc(/C=C/c2cccc(N=C(N)c3cccs3)c2)c1)c1cccs1. The summed E-state index contributed by atoms with van der Waals surface area (Å²) in [5, 5.41) is 12.3. The summed E-state index contributed by atoms with van der Waals surface area (Å²) >= 11 is 3.19. The zero-order valence-electron chi connectivity index (χ0n) is 16.3. The molecule has 30 heavy (non-hydrogen) atoms. The highest BCUT2D eigenvalue weighted by atomic mass is 32.1. The number of amidine groups is 1. The molecule has 0 spiro atoms. The van der Waals surface area contributed by atoms with Crippen molar-refractivity contribution in [1.29, 1.82) is 5.41 Å². The number of benzene rings is 2. The zero-order chi connectivity index (χ0) is 20.8. The number of hydrogen-bond donors (Lipinski definition) is 2. The summed E-state index contributed by atoms with van der Waals surface area (Å²) in [6, 6.07) is 24.3. The van der Waals surface area contributed by atoms with Crippen molar-refractivity contribution in [2.24, 2.45) is 10.7 Å². The van der Waals surface area contributed by atoms with E-state index in [0.29, 0.717) is 18.0 Å². The fourth-order valence-corrected chi connectivity index (χ4v) is 4.36. The summed E-state index contributed by atoms with van der Waals surface area (Å²) in [6.45, 7) is 0. The lowest BCUT2D eigenvalue weighted by molar-refractivity contribution is 1.28. The lowest BCUT2D eigenvalue weighted by Gasteiger charge is -2.04. The Morgan fingerprint density at radius 2 is 1.50 bits per heavy atom. The molecule has 3 N–H and O–H groups in total. The lowest BCUT2D eigenvalue weighted by atomic mass is 10.0. The summed E-state index contributed by atoms with van der Waals surface area (Å²) in [4.78, 5) is 6.53. The minimum atomic E-state index is 0.534. The summed E-state index contributed by atoms with van der Waals surface area (Å²) in [5.74, 6) is 0.534. The molecule has 148 valence electrons. The summed E-state index contributed by atoms with van der Waals surface area (Å²) in [7, 11) is 0. The van der Waals surface area contributed by atoms with Crippen molar-refractivity contribution in [1.82, 2.24) is 0 Å². The van der Waals surface area contributed by atoms with Gasteiger partial charge in [-0.3, -0.25) is 0 Å². The van der Waals surface area contributed by atoms with Crippen molar-refractivity contribution in [2.45, 2.75) is 6.42 Å². The number of rotatable bonds is 7. The van der Waals surface area contributed by atoms with Gasteiger partial charge in [0.05, 0.1) is 16.3 Å². The van der Waals surface area contributed by atoms with Gasteiger partial charge in [-0.25, -0.2) is 4.99 Å². The fraction of sp³-hybridized carbons (Fsp3) is 0.0400. The van der Waals surface area contributed by atoms with E-state index in [1.165, 1.54) is 0 Å². The molecule has 0 saturated heterocycles. The Bertz CT molecular complexity index is 1190. The number of aliphatic imine (C=N–C) groups is 1. The molecule has 2 heterocycles. The average Bonchev–Trinajstić information content (AvgIpc) is 3.47. The van der Waals surface area contributed by atoms with Gasteiger partial charge >= 0.3 is 0 Å². The second-order valence-corrected chi connectivity index (χ2v) is 8.68. The molecule has 4 aromatic rings. The monoisotopic (exact) mass is 427 g/mol. The molecule has 2 aromatic carbocycles. The maximum atomic E-state index is 8.29. The van der Waals surface area contributed by atoms with Crippen LogP contribution in [0.1, 0.15) is 26.4 Å². The first kappa shape index (κ1) is 20.0. The number of thiophene rings is 2. The zero-order valence-corrected chi connectivity index (χ0v) is 17.9. The van der Waals surface area contributed by atoms with Crippen molar-refractivity contribution in [3.05, 3.63) is 110 Å². The van der Waals surface area contributed by atoms with Crippen molar-refractivity contribution < 1.29 is 0 Å². The highest BCUT2D eigenvalue weighted by molar-refractivity contribution is 7.12. The Hall–Kier alpha value is -3.28. The van der Waals surface area contributed by atoms with Gasteiger partial charge in [0.1, 0.15) is 5.84 Å². The second kappa shape index (κ2) is 9.48. The van der Waals surface area contributed by atoms with Crippen molar-refractivity contribution in [2.75, 3.05) is 0 Å². The Morgan fingerprint density at radius 3 is 2.20 bits per heavy atom. The minimum absolute atomic E-state index is 0.534. The molecule has 0 radical (unpaired) electrons. The topological polar surface area (TPSA) is 62.2 Å². The van der Waals surface area contributed by atoms with E-state index in [-0.39, 0.29) is 0 Å². The summed E-state index contributed by atoms with van der Waals surface area (Å²) in [5.41, 5.74) is 10.9. The third-order valence-electron chi connectivity index (χ3n) is 4.51.